The molecule has 2 unspecified atom stereocenters. The van der Waals surface area contributed by atoms with Crippen LogP contribution in [-0.2, 0) is 11.2 Å². The summed E-state index contributed by atoms with van der Waals surface area (Å²) in [7, 11) is 3.79. The van der Waals surface area contributed by atoms with Gasteiger partial charge >= 0.3 is 0 Å². The van der Waals surface area contributed by atoms with Gasteiger partial charge in [-0.1, -0.05) is 6.07 Å². The van der Waals surface area contributed by atoms with Gasteiger partial charge < -0.3 is 14.8 Å². The number of fused-ring (bicyclic) bond motifs is 1. The van der Waals surface area contributed by atoms with Gasteiger partial charge in [0, 0.05) is 11.3 Å². The lowest BCUT2D eigenvalue weighted by atomic mass is 9.87. The highest BCUT2D eigenvalue weighted by Crippen LogP contribution is 2.40. The predicted octanol–water partition coefficient (Wildman–Crippen LogP) is 2.40. The second-order valence-electron chi connectivity index (χ2n) is 5.20. The second-order valence-corrected chi connectivity index (χ2v) is 6.75. The van der Waals surface area contributed by atoms with E-state index >= 15 is 0 Å². The fraction of sp³-hybridized carbons (Fsp3) is 0.600. The van der Waals surface area contributed by atoms with Crippen molar-refractivity contribution in [2.75, 3.05) is 27.4 Å². The molecule has 1 heterocycles. The van der Waals surface area contributed by atoms with Crippen LogP contribution in [0.3, 0.4) is 0 Å². The van der Waals surface area contributed by atoms with Crippen molar-refractivity contribution in [2.45, 2.75) is 29.4 Å². The Morgan fingerprint density at radius 2 is 2.21 bits per heavy atom. The number of aryl methyl sites for hydroxylation is 1. The average molecular weight is 279 g/mol. The Bertz CT molecular complexity index is 448. The van der Waals surface area contributed by atoms with Crippen molar-refractivity contribution in [2.24, 2.45) is 0 Å². The van der Waals surface area contributed by atoms with Gasteiger partial charge in [0.05, 0.1) is 25.6 Å². The number of methoxy groups -OCH3 is 1. The van der Waals surface area contributed by atoms with Gasteiger partial charge in [0.25, 0.3) is 0 Å². The van der Waals surface area contributed by atoms with Gasteiger partial charge in [-0.2, -0.15) is 0 Å². The van der Waals surface area contributed by atoms with Gasteiger partial charge in [0.1, 0.15) is 5.75 Å². The molecule has 1 aromatic rings. The van der Waals surface area contributed by atoms with Crippen molar-refractivity contribution in [3.05, 3.63) is 29.3 Å². The van der Waals surface area contributed by atoms with Gasteiger partial charge in [-0.25, -0.2) is 0 Å². The molecule has 19 heavy (non-hydrogen) atoms. The van der Waals surface area contributed by atoms with E-state index in [9.17, 15) is 0 Å². The summed E-state index contributed by atoms with van der Waals surface area (Å²) in [6, 6.07) is 6.90. The van der Waals surface area contributed by atoms with Crippen LogP contribution in [0.1, 0.15) is 23.6 Å². The van der Waals surface area contributed by atoms with Gasteiger partial charge in [-0.15, -0.1) is 11.8 Å². The van der Waals surface area contributed by atoms with E-state index in [0.717, 1.165) is 19.0 Å². The van der Waals surface area contributed by atoms with Crippen molar-refractivity contribution in [1.82, 2.24) is 5.32 Å². The van der Waals surface area contributed by atoms with E-state index in [-0.39, 0.29) is 0 Å². The first-order chi connectivity index (χ1) is 9.31. The summed E-state index contributed by atoms with van der Waals surface area (Å²) in [5.74, 6) is 0.955. The smallest absolute Gasteiger partial charge is 0.119 e. The third-order valence-corrected chi connectivity index (χ3v) is 5.56. The molecule has 0 saturated carbocycles. The van der Waals surface area contributed by atoms with E-state index in [1.165, 1.54) is 24.0 Å². The molecule has 1 saturated heterocycles. The maximum atomic E-state index is 5.37. The molecule has 2 aliphatic rings. The van der Waals surface area contributed by atoms with Crippen molar-refractivity contribution in [1.29, 1.82) is 0 Å². The number of hydrogen-bond acceptors (Lipinski definition) is 4. The summed E-state index contributed by atoms with van der Waals surface area (Å²) in [5, 5.41) is 4.82. The molecule has 0 spiro atoms. The summed E-state index contributed by atoms with van der Waals surface area (Å²) in [6.07, 6.45) is 2.41. The molecule has 3 nitrogen and oxygen atoms in total. The summed E-state index contributed by atoms with van der Waals surface area (Å²) in [5.41, 5.74) is 2.87. The Hall–Kier alpha value is -0.710. The molecule has 1 fully saturated rings. The molecule has 1 N–H and O–H groups in total. The van der Waals surface area contributed by atoms with Crippen LogP contribution in [0, 0.1) is 0 Å². The number of rotatable bonds is 4. The minimum Gasteiger partial charge on any atom is -0.497 e. The minimum atomic E-state index is 0.421. The predicted molar refractivity (Wildman–Crippen MR) is 79.1 cm³/mol. The van der Waals surface area contributed by atoms with Crippen LogP contribution >= 0.6 is 11.8 Å². The maximum absolute atomic E-state index is 5.37. The molecule has 1 aromatic carbocycles. The van der Waals surface area contributed by atoms with Crippen LogP contribution < -0.4 is 10.1 Å². The second kappa shape index (κ2) is 5.73. The van der Waals surface area contributed by atoms with Crippen LogP contribution in [0.5, 0.6) is 5.75 Å². The summed E-state index contributed by atoms with van der Waals surface area (Å²) < 4.78 is 10.7. The van der Waals surface area contributed by atoms with Crippen molar-refractivity contribution in [3.8, 4) is 5.75 Å². The van der Waals surface area contributed by atoms with Gasteiger partial charge in [-0.05, 0) is 43.1 Å². The van der Waals surface area contributed by atoms with E-state index in [2.05, 4.69) is 42.3 Å². The van der Waals surface area contributed by atoms with E-state index in [0.29, 0.717) is 16.5 Å². The molecule has 0 amide bonds. The highest BCUT2D eigenvalue weighted by Gasteiger charge is 2.33. The molecular formula is C15H21NO2S. The third kappa shape index (κ3) is 2.62. The Morgan fingerprint density at radius 3 is 2.84 bits per heavy atom. The minimum absolute atomic E-state index is 0.421. The van der Waals surface area contributed by atoms with E-state index < -0.39 is 0 Å². The van der Waals surface area contributed by atoms with Crippen LogP contribution in [0.2, 0.25) is 0 Å². The van der Waals surface area contributed by atoms with Crippen molar-refractivity contribution < 1.29 is 9.47 Å². The quantitative estimate of drug-likeness (QED) is 0.917. The maximum Gasteiger partial charge on any atom is 0.119 e. The molecule has 104 valence electrons. The molecule has 2 atom stereocenters. The number of hydrogen-bond donors (Lipinski definition) is 1. The first-order valence-corrected chi connectivity index (χ1v) is 7.83. The van der Waals surface area contributed by atoms with Crippen molar-refractivity contribution in [3.63, 3.8) is 0 Å². The first kappa shape index (κ1) is 13.3. The van der Waals surface area contributed by atoms with E-state index in [4.69, 9.17) is 9.47 Å². The van der Waals surface area contributed by atoms with Gasteiger partial charge in [-0.3, -0.25) is 0 Å². The van der Waals surface area contributed by atoms with Crippen LogP contribution in [-0.4, -0.2) is 37.9 Å². The third-order valence-electron chi connectivity index (χ3n) is 4.04. The standard InChI is InChI=1S/C15H21NO2S/c1-16-15-13-7-11(17-2)5-3-10(13)4-6-14(15)19-12-8-18-9-12/h3,5,7,12,14-16H,4,6,8-9H2,1-2H3. The largest absolute Gasteiger partial charge is 0.497 e. The van der Waals surface area contributed by atoms with E-state index in [1.807, 2.05) is 0 Å². The Morgan fingerprint density at radius 1 is 1.37 bits per heavy atom. The Labute approximate surface area is 119 Å². The number of nitrogens with one attached hydrogen (secondary N) is 1. The normalized spacial score (nSPS) is 26.6. The lowest BCUT2D eigenvalue weighted by Gasteiger charge is -2.37. The zero-order valence-corrected chi connectivity index (χ0v) is 12.3. The highest BCUT2D eigenvalue weighted by atomic mass is 32.2. The van der Waals surface area contributed by atoms with Crippen LogP contribution in [0.15, 0.2) is 18.2 Å². The Balaban J connectivity index is 1.82. The topological polar surface area (TPSA) is 30.5 Å². The lowest BCUT2D eigenvalue weighted by molar-refractivity contribution is 0.0451. The lowest BCUT2D eigenvalue weighted by Crippen LogP contribution is -2.38. The zero-order valence-electron chi connectivity index (χ0n) is 11.5. The monoisotopic (exact) mass is 279 g/mol. The van der Waals surface area contributed by atoms with Crippen LogP contribution in [0.4, 0.5) is 0 Å². The first-order valence-electron chi connectivity index (χ1n) is 6.89. The Kier molecular flexibility index (Phi) is 4.01. The molecule has 0 aromatic heterocycles. The fourth-order valence-corrected chi connectivity index (χ4v) is 4.45. The van der Waals surface area contributed by atoms with Crippen molar-refractivity contribution >= 4 is 11.8 Å². The molecule has 1 aliphatic carbocycles. The number of thioether (sulfide) groups is 1. The summed E-state index contributed by atoms with van der Waals surface area (Å²) in [4.78, 5) is 0. The molecule has 0 bridgehead atoms. The SMILES string of the molecule is CNC1c2cc(OC)ccc2CCC1SC1COC1. The zero-order chi connectivity index (χ0) is 13.2. The van der Waals surface area contributed by atoms with E-state index in [1.54, 1.807) is 7.11 Å². The molecule has 1 aliphatic heterocycles. The summed E-state index contributed by atoms with van der Waals surface area (Å²) >= 11 is 2.09. The number of ether oxygens (including phenoxy) is 2. The van der Waals surface area contributed by atoms with Crippen LogP contribution in [0.25, 0.3) is 0 Å². The average Bonchev–Trinajstić information content (AvgIpc) is 2.41. The fourth-order valence-electron chi connectivity index (χ4n) is 2.91. The molecule has 0 radical (unpaired) electrons. The van der Waals surface area contributed by atoms with Gasteiger partial charge in [0.2, 0.25) is 0 Å². The van der Waals surface area contributed by atoms with Gasteiger partial charge in [0.15, 0.2) is 0 Å². The molecular weight excluding hydrogens is 258 g/mol. The molecule has 4 heteroatoms. The summed E-state index contributed by atoms with van der Waals surface area (Å²) in [6.45, 7) is 1.84. The number of benzene rings is 1. The highest BCUT2D eigenvalue weighted by molar-refractivity contribution is 8.00. The molecule has 3 rings (SSSR count).